The summed E-state index contributed by atoms with van der Waals surface area (Å²) in [5, 5.41) is 9.43. The Morgan fingerprint density at radius 1 is 1.08 bits per heavy atom. The summed E-state index contributed by atoms with van der Waals surface area (Å²) in [6.45, 7) is 6.09. The first-order valence-electron chi connectivity index (χ1n) is 8.57. The van der Waals surface area contributed by atoms with Gasteiger partial charge in [-0.15, -0.1) is 0 Å². The minimum atomic E-state index is -0.527. The van der Waals surface area contributed by atoms with Gasteiger partial charge in [0.05, 0.1) is 13.7 Å². The molecule has 136 valence electrons. The van der Waals surface area contributed by atoms with Gasteiger partial charge in [0.25, 0.3) is 0 Å². The highest BCUT2D eigenvalue weighted by molar-refractivity contribution is 5.71. The summed E-state index contributed by atoms with van der Waals surface area (Å²) in [6.07, 6.45) is 2.58. The molecule has 1 N–H and O–H groups in total. The van der Waals surface area contributed by atoms with Gasteiger partial charge >= 0.3 is 0 Å². The quantitative estimate of drug-likeness (QED) is 0.716. The van der Waals surface area contributed by atoms with Gasteiger partial charge in [-0.25, -0.2) is 8.78 Å². The average Bonchev–Trinajstić information content (AvgIpc) is 2.55. The largest absolute Gasteiger partial charge is 0.497 e. The Bertz CT molecular complexity index is 739. The van der Waals surface area contributed by atoms with Gasteiger partial charge in [-0.3, -0.25) is 0 Å². The molecule has 2 aromatic rings. The van der Waals surface area contributed by atoms with E-state index >= 15 is 0 Å². The van der Waals surface area contributed by atoms with Crippen LogP contribution >= 0.6 is 0 Å². The van der Waals surface area contributed by atoms with E-state index in [1.807, 2.05) is 0 Å². The molecule has 0 aliphatic carbocycles. The molecule has 2 aromatic carbocycles. The van der Waals surface area contributed by atoms with E-state index in [0.717, 1.165) is 12.8 Å². The molecule has 0 aliphatic rings. The van der Waals surface area contributed by atoms with E-state index < -0.39 is 11.6 Å². The highest BCUT2D eigenvalue weighted by atomic mass is 19.1. The van der Waals surface area contributed by atoms with E-state index in [9.17, 15) is 13.9 Å². The normalized spacial score (nSPS) is 11.6. The van der Waals surface area contributed by atoms with Crippen molar-refractivity contribution in [3.05, 3.63) is 53.1 Å². The van der Waals surface area contributed by atoms with Crippen molar-refractivity contribution in [1.82, 2.24) is 0 Å². The summed E-state index contributed by atoms with van der Waals surface area (Å²) in [5.41, 5.74) is 1.57. The smallest absolute Gasteiger partial charge is 0.131 e. The van der Waals surface area contributed by atoms with Gasteiger partial charge in [-0.2, -0.15) is 0 Å². The lowest BCUT2D eigenvalue weighted by molar-refractivity contribution is 0.280. The highest BCUT2D eigenvalue weighted by Crippen LogP contribution is 2.37. The van der Waals surface area contributed by atoms with Gasteiger partial charge in [0, 0.05) is 11.1 Å². The lowest BCUT2D eigenvalue weighted by Crippen LogP contribution is -2.16. The third kappa shape index (κ3) is 4.57. The van der Waals surface area contributed by atoms with Crippen molar-refractivity contribution in [2.24, 2.45) is 5.41 Å². The molecule has 0 unspecified atom stereocenters. The molecule has 0 spiro atoms. The van der Waals surface area contributed by atoms with Gasteiger partial charge in [0.2, 0.25) is 0 Å². The zero-order valence-corrected chi connectivity index (χ0v) is 15.3. The van der Waals surface area contributed by atoms with Crippen LogP contribution in [0.3, 0.4) is 0 Å². The van der Waals surface area contributed by atoms with Crippen molar-refractivity contribution >= 4 is 0 Å². The summed E-state index contributed by atoms with van der Waals surface area (Å²) in [7, 11) is 1.49. The molecule has 25 heavy (non-hydrogen) atoms. The standard InChI is InChI=1S/C21H26F2O2/c1-5-8-21(2,3)12-15-9-14(13-24)10-19(23)20(15)17-11-16(25-4)6-7-18(17)22/h6-7,9-11,24H,5,8,12-13H2,1-4H3. The summed E-state index contributed by atoms with van der Waals surface area (Å²) in [6, 6.07) is 7.36. The average molecular weight is 348 g/mol. The van der Waals surface area contributed by atoms with Crippen LogP contribution in [-0.4, -0.2) is 12.2 Å². The molecule has 0 bridgehead atoms. The fourth-order valence-electron chi connectivity index (χ4n) is 3.36. The van der Waals surface area contributed by atoms with Gasteiger partial charge in [-0.1, -0.05) is 33.3 Å². The Labute approximate surface area is 148 Å². The first-order valence-corrected chi connectivity index (χ1v) is 8.57. The summed E-state index contributed by atoms with van der Waals surface area (Å²) < 4.78 is 34.5. The van der Waals surface area contributed by atoms with Crippen LogP contribution in [0.4, 0.5) is 8.78 Å². The monoisotopic (exact) mass is 348 g/mol. The van der Waals surface area contributed by atoms with Crippen LogP contribution in [-0.2, 0) is 13.0 Å². The second-order valence-electron chi connectivity index (χ2n) is 7.21. The van der Waals surface area contributed by atoms with Crippen molar-refractivity contribution in [2.75, 3.05) is 7.11 Å². The zero-order valence-electron chi connectivity index (χ0n) is 15.3. The second-order valence-corrected chi connectivity index (χ2v) is 7.21. The maximum Gasteiger partial charge on any atom is 0.131 e. The predicted octanol–water partition coefficient (Wildman–Crippen LogP) is 5.50. The van der Waals surface area contributed by atoms with Crippen LogP contribution in [0.15, 0.2) is 30.3 Å². The molecule has 0 radical (unpaired) electrons. The Morgan fingerprint density at radius 2 is 1.80 bits per heavy atom. The van der Waals surface area contributed by atoms with E-state index in [2.05, 4.69) is 20.8 Å². The van der Waals surface area contributed by atoms with E-state index in [1.54, 1.807) is 6.07 Å². The number of methoxy groups -OCH3 is 1. The Hall–Kier alpha value is -1.94. The van der Waals surface area contributed by atoms with Crippen LogP contribution in [0.2, 0.25) is 0 Å². The number of hydrogen-bond donors (Lipinski definition) is 1. The van der Waals surface area contributed by atoms with Crippen molar-refractivity contribution in [1.29, 1.82) is 0 Å². The molecule has 2 rings (SSSR count). The van der Waals surface area contributed by atoms with Crippen LogP contribution in [0.5, 0.6) is 5.75 Å². The molecular weight excluding hydrogens is 322 g/mol. The van der Waals surface area contributed by atoms with E-state index in [0.29, 0.717) is 23.3 Å². The Morgan fingerprint density at radius 3 is 2.40 bits per heavy atom. The molecular formula is C21H26F2O2. The van der Waals surface area contributed by atoms with Crippen molar-refractivity contribution < 1.29 is 18.6 Å². The minimum Gasteiger partial charge on any atom is -0.497 e. The predicted molar refractivity (Wildman–Crippen MR) is 96.7 cm³/mol. The molecule has 0 saturated carbocycles. The summed E-state index contributed by atoms with van der Waals surface area (Å²) in [5.74, 6) is -0.548. The number of halogens is 2. The highest BCUT2D eigenvalue weighted by Gasteiger charge is 2.23. The van der Waals surface area contributed by atoms with Gasteiger partial charge in [0.15, 0.2) is 0 Å². The SMILES string of the molecule is CCCC(C)(C)Cc1cc(CO)cc(F)c1-c1cc(OC)ccc1F. The van der Waals surface area contributed by atoms with Crippen molar-refractivity contribution in [3.8, 4) is 16.9 Å². The number of aliphatic hydroxyl groups excluding tert-OH is 1. The number of hydrogen-bond acceptors (Lipinski definition) is 2. The lowest BCUT2D eigenvalue weighted by Gasteiger charge is -2.26. The van der Waals surface area contributed by atoms with Crippen LogP contribution < -0.4 is 4.74 Å². The maximum absolute atomic E-state index is 14.8. The molecule has 0 amide bonds. The van der Waals surface area contributed by atoms with Gasteiger partial charge < -0.3 is 9.84 Å². The number of ether oxygens (including phenoxy) is 1. The third-order valence-corrected chi connectivity index (χ3v) is 4.45. The topological polar surface area (TPSA) is 29.5 Å². The maximum atomic E-state index is 14.8. The Balaban J connectivity index is 2.64. The van der Waals surface area contributed by atoms with Crippen molar-refractivity contribution in [2.45, 2.75) is 46.6 Å². The zero-order chi connectivity index (χ0) is 18.6. The fourth-order valence-corrected chi connectivity index (χ4v) is 3.36. The fraction of sp³-hybridized carbons (Fsp3) is 0.429. The van der Waals surface area contributed by atoms with Crippen LogP contribution in [0.1, 0.15) is 44.7 Å². The first kappa shape index (κ1) is 19.4. The van der Waals surface area contributed by atoms with E-state index in [4.69, 9.17) is 4.74 Å². The van der Waals surface area contributed by atoms with E-state index in [-0.39, 0.29) is 23.1 Å². The molecule has 0 aromatic heterocycles. The van der Waals surface area contributed by atoms with Crippen LogP contribution in [0.25, 0.3) is 11.1 Å². The Kier molecular flexibility index (Phi) is 6.17. The molecule has 0 saturated heterocycles. The summed E-state index contributed by atoms with van der Waals surface area (Å²) in [4.78, 5) is 0. The molecule has 2 nitrogen and oxygen atoms in total. The van der Waals surface area contributed by atoms with Crippen LogP contribution in [0, 0.1) is 17.0 Å². The molecule has 0 atom stereocenters. The van der Waals surface area contributed by atoms with Gasteiger partial charge in [0.1, 0.15) is 17.4 Å². The van der Waals surface area contributed by atoms with Crippen molar-refractivity contribution in [3.63, 3.8) is 0 Å². The second kappa shape index (κ2) is 7.96. The molecule has 0 aliphatic heterocycles. The first-order chi connectivity index (χ1) is 11.8. The molecule has 4 heteroatoms. The third-order valence-electron chi connectivity index (χ3n) is 4.45. The number of benzene rings is 2. The minimum absolute atomic E-state index is 0.0562. The molecule has 0 fully saturated rings. The van der Waals surface area contributed by atoms with E-state index in [1.165, 1.54) is 31.4 Å². The van der Waals surface area contributed by atoms with Gasteiger partial charge in [-0.05, 0) is 53.6 Å². The molecule has 0 heterocycles. The number of rotatable bonds is 7. The summed E-state index contributed by atoms with van der Waals surface area (Å²) >= 11 is 0. The number of aliphatic hydroxyl groups is 1. The lowest BCUT2D eigenvalue weighted by atomic mass is 9.79.